The molecule has 8 nitrogen and oxygen atoms in total. The Morgan fingerprint density at radius 2 is 1.90 bits per heavy atom. The molecule has 4 amide bonds. The Morgan fingerprint density at radius 1 is 1.14 bits per heavy atom. The minimum absolute atomic E-state index is 0.0182. The second-order valence-corrected chi connectivity index (χ2v) is 7.21. The number of likely N-dealkylation sites (tertiary alicyclic amines) is 1. The summed E-state index contributed by atoms with van der Waals surface area (Å²) in [6.45, 7) is 1.65. The molecule has 0 saturated carbocycles. The fourth-order valence-corrected chi connectivity index (χ4v) is 3.82. The van der Waals surface area contributed by atoms with Crippen molar-refractivity contribution in [3.8, 4) is 11.5 Å². The van der Waals surface area contributed by atoms with Crippen molar-refractivity contribution in [2.24, 2.45) is 0 Å². The molecule has 3 aliphatic rings. The molecule has 1 spiro atoms. The van der Waals surface area contributed by atoms with E-state index in [1.807, 2.05) is 24.3 Å². The lowest BCUT2D eigenvalue weighted by atomic mass is 10.2. The highest BCUT2D eigenvalue weighted by atomic mass is 19.1. The highest BCUT2D eigenvalue weighted by Crippen LogP contribution is 2.43. The number of hydrogen-bond donors (Lipinski definition) is 2. The van der Waals surface area contributed by atoms with E-state index in [-0.39, 0.29) is 18.3 Å². The Kier molecular flexibility index (Phi) is 3.97. The molecule has 3 aliphatic heterocycles. The number of benzene rings is 2. The van der Waals surface area contributed by atoms with Crippen molar-refractivity contribution in [1.29, 1.82) is 0 Å². The molecule has 0 aromatic heterocycles. The number of amides is 4. The van der Waals surface area contributed by atoms with Crippen molar-refractivity contribution in [3.63, 3.8) is 0 Å². The second kappa shape index (κ2) is 6.54. The molecule has 0 aliphatic carbocycles. The van der Waals surface area contributed by atoms with Gasteiger partial charge >= 0.3 is 12.1 Å². The molecule has 0 atom stereocenters. The molecule has 29 heavy (non-hydrogen) atoms. The number of fused-ring (bicyclic) bond motifs is 1. The van der Waals surface area contributed by atoms with E-state index in [4.69, 9.17) is 9.47 Å². The maximum absolute atomic E-state index is 14.3. The molecule has 2 aromatic carbocycles. The Balaban J connectivity index is 1.29. The van der Waals surface area contributed by atoms with E-state index in [2.05, 4.69) is 10.6 Å². The van der Waals surface area contributed by atoms with E-state index in [0.29, 0.717) is 43.2 Å². The van der Waals surface area contributed by atoms with Crippen LogP contribution in [0.3, 0.4) is 0 Å². The quantitative estimate of drug-likeness (QED) is 0.815. The van der Waals surface area contributed by atoms with E-state index >= 15 is 0 Å². The monoisotopic (exact) mass is 398 g/mol. The van der Waals surface area contributed by atoms with Crippen molar-refractivity contribution in [1.82, 2.24) is 10.2 Å². The molecule has 2 saturated heterocycles. The van der Waals surface area contributed by atoms with Gasteiger partial charge in [0.2, 0.25) is 0 Å². The number of anilines is 2. The largest absolute Gasteiger partial charge is 0.447 e. The van der Waals surface area contributed by atoms with Gasteiger partial charge in [0.25, 0.3) is 5.79 Å². The number of carbonyl (C=O) groups excluding carboxylic acids is 2. The Labute approximate surface area is 166 Å². The number of para-hydroxylation sites is 2. The van der Waals surface area contributed by atoms with Crippen LogP contribution in [0.25, 0.3) is 0 Å². The zero-order valence-corrected chi connectivity index (χ0v) is 15.5. The molecule has 2 fully saturated rings. The summed E-state index contributed by atoms with van der Waals surface area (Å²) in [5, 5.41) is 5.29. The number of nitrogens with zero attached hydrogens (tertiary/aromatic N) is 2. The van der Waals surface area contributed by atoms with Gasteiger partial charge in [-0.1, -0.05) is 12.1 Å². The van der Waals surface area contributed by atoms with Gasteiger partial charge in [-0.15, -0.1) is 0 Å². The first-order valence-electron chi connectivity index (χ1n) is 9.41. The minimum atomic E-state index is -0.908. The predicted octanol–water partition coefficient (Wildman–Crippen LogP) is 2.76. The number of urea groups is 2. The summed E-state index contributed by atoms with van der Waals surface area (Å²) >= 11 is 0. The Bertz CT molecular complexity index is 973. The molecule has 0 bridgehead atoms. The van der Waals surface area contributed by atoms with Crippen LogP contribution in [0, 0.1) is 5.82 Å². The van der Waals surface area contributed by atoms with Crippen molar-refractivity contribution in [2.45, 2.75) is 12.2 Å². The third-order valence-electron chi connectivity index (χ3n) is 5.28. The topological polar surface area (TPSA) is 83.1 Å². The minimum Gasteiger partial charge on any atom is -0.447 e. The molecule has 0 unspecified atom stereocenters. The lowest BCUT2D eigenvalue weighted by molar-refractivity contribution is -0.0647. The Hall–Kier alpha value is -3.49. The molecule has 0 radical (unpaired) electrons. The lowest BCUT2D eigenvalue weighted by Gasteiger charge is -2.23. The summed E-state index contributed by atoms with van der Waals surface area (Å²) in [5.41, 5.74) is 0.539. The summed E-state index contributed by atoms with van der Waals surface area (Å²) in [6.07, 6.45) is 0.506. The van der Waals surface area contributed by atoms with Gasteiger partial charge in [-0.3, -0.25) is 4.90 Å². The van der Waals surface area contributed by atoms with Crippen LogP contribution in [0.1, 0.15) is 6.42 Å². The third kappa shape index (κ3) is 3.08. The number of hydrogen-bond acceptors (Lipinski definition) is 4. The van der Waals surface area contributed by atoms with Gasteiger partial charge in [0, 0.05) is 31.7 Å². The maximum Gasteiger partial charge on any atom is 0.322 e. The summed E-state index contributed by atoms with van der Waals surface area (Å²) in [7, 11) is 0. The molecule has 3 heterocycles. The van der Waals surface area contributed by atoms with E-state index in [1.54, 1.807) is 0 Å². The van der Waals surface area contributed by atoms with Crippen molar-refractivity contribution < 1.29 is 23.5 Å². The van der Waals surface area contributed by atoms with Crippen LogP contribution in [0.5, 0.6) is 11.5 Å². The number of nitrogens with one attached hydrogen (secondary N) is 2. The van der Waals surface area contributed by atoms with Crippen LogP contribution in [0.4, 0.5) is 25.4 Å². The normalized spacial score (nSPS) is 19.0. The molecular formula is C20H19FN4O4. The smallest absolute Gasteiger partial charge is 0.322 e. The third-order valence-corrected chi connectivity index (χ3v) is 5.28. The van der Waals surface area contributed by atoms with Crippen LogP contribution in [0.15, 0.2) is 42.5 Å². The maximum atomic E-state index is 14.3. The number of halogens is 1. The van der Waals surface area contributed by atoms with Crippen LogP contribution in [-0.2, 0) is 0 Å². The summed E-state index contributed by atoms with van der Waals surface area (Å²) < 4.78 is 26.2. The van der Waals surface area contributed by atoms with Crippen LogP contribution in [0.2, 0.25) is 0 Å². The summed E-state index contributed by atoms with van der Waals surface area (Å²) in [5.74, 6) is -0.180. The van der Waals surface area contributed by atoms with E-state index < -0.39 is 17.6 Å². The molecule has 5 rings (SSSR count). The van der Waals surface area contributed by atoms with Crippen LogP contribution >= 0.6 is 0 Å². The van der Waals surface area contributed by atoms with Gasteiger partial charge in [-0.25, -0.2) is 14.0 Å². The van der Waals surface area contributed by atoms with Gasteiger partial charge in [0.05, 0.1) is 12.2 Å². The van der Waals surface area contributed by atoms with E-state index in [1.165, 1.54) is 28.0 Å². The van der Waals surface area contributed by atoms with Crippen molar-refractivity contribution in [2.75, 3.05) is 36.4 Å². The number of ether oxygens (including phenoxy) is 2. The van der Waals surface area contributed by atoms with Gasteiger partial charge in [0.1, 0.15) is 5.82 Å². The van der Waals surface area contributed by atoms with Gasteiger partial charge in [0.15, 0.2) is 11.5 Å². The number of carbonyl (C=O) groups is 2. The fourth-order valence-electron chi connectivity index (χ4n) is 3.82. The van der Waals surface area contributed by atoms with Crippen molar-refractivity contribution in [3.05, 3.63) is 48.3 Å². The van der Waals surface area contributed by atoms with Gasteiger partial charge in [-0.05, 0) is 30.3 Å². The summed E-state index contributed by atoms with van der Waals surface area (Å²) in [4.78, 5) is 27.6. The van der Waals surface area contributed by atoms with Crippen LogP contribution < -0.4 is 25.0 Å². The first kappa shape index (κ1) is 17.6. The van der Waals surface area contributed by atoms with Gasteiger partial charge in [-0.2, -0.15) is 0 Å². The molecule has 2 N–H and O–H groups in total. The summed E-state index contributed by atoms with van der Waals surface area (Å²) in [6, 6.07) is 10.9. The average Bonchev–Trinajstić information content (AvgIpc) is 3.42. The highest BCUT2D eigenvalue weighted by molar-refractivity contribution is 5.96. The van der Waals surface area contributed by atoms with Crippen molar-refractivity contribution >= 4 is 23.4 Å². The predicted molar refractivity (Wildman–Crippen MR) is 103 cm³/mol. The number of rotatable bonds is 2. The fraction of sp³-hybridized carbons (Fsp3) is 0.300. The zero-order chi connectivity index (χ0) is 20.0. The van der Waals surface area contributed by atoms with E-state index in [9.17, 15) is 14.0 Å². The lowest BCUT2D eigenvalue weighted by Crippen LogP contribution is -2.43. The molecule has 2 aromatic rings. The second-order valence-electron chi connectivity index (χ2n) is 7.21. The SMILES string of the molecule is O=C(Nc1cc(N2CCNC2=O)ccc1F)N1CCC2(C1)Oc1ccccc1O2. The Morgan fingerprint density at radius 3 is 2.59 bits per heavy atom. The molecule has 150 valence electrons. The molecule has 9 heteroatoms. The first-order chi connectivity index (χ1) is 14.0. The molecular weight excluding hydrogens is 379 g/mol. The first-order valence-corrected chi connectivity index (χ1v) is 9.41. The standard InChI is InChI=1S/C20H19FN4O4/c21-14-6-5-13(25-10-8-22-18(25)26)11-15(14)23-19(27)24-9-7-20(12-24)28-16-3-1-2-4-17(16)29-20/h1-6,11H,7-10,12H2,(H,22,26)(H,23,27). The average molecular weight is 398 g/mol. The van der Waals surface area contributed by atoms with E-state index in [0.717, 1.165) is 0 Å². The highest BCUT2D eigenvalue weighted by Gasteiger charge is 2.48. The van der Waals surface area contributed by atoms with Crippen LogP contribution in [-0.4, -0.2) is 48.9 Å². The zero-order valence-electron chi connectivity index (χ0n) is 15.5. The van der Waals surface area contributed by atoms with Gasteiger partial charge < -0.3 is 25.0 Å².